The van der Waals surface area contributed by atoms with E-state index in [1.54, 1.807) is 0 Å². The molecule has 0 aromatic heterocycles. The minimum atomic E-state index is -1.88. The van der Waals surface area contributed by atoms with Crippen molar-refractivity contribution < 1.29 is 14.3 Å². The topological polar surface area (TPSA) is 49.2 Å². The average molecular weight is 626 g/mol. The fourth-order valence-corrected chi connectivity index (χ4v) is 10.1. The van der Waals surface area contributed by atoms with E-state index >= 15 is 0 Å². The number of hydrogen-bond acceptors (Lipinski definition) is 2. The molecular weight excluding hydrogens is 557 g/mol. The minimum absolute atomic E-state index is 0.000283. The van der Waals surface area contributed by atoms with Crippen molar-refractivity contribution in [2.24, 2.45) is 46.3 Å². The molecule has 0 bridgehead atoms. The third kappa shape index (κ3) is 8.37. The predicted octanol–water partition coefficient (Wildman–Crippen LogP) is 10.6. The third-order valence-electron chi connectivity index (χ3n) is 12.5. The van der Waals surface area contributed by atoms with Gasteiger partial charge in [0, 0.05) is 23.3 Å². The van der Waals surface area contributed by atoms with E-state index in [1.807, 2.05) is 26.8 Å². The van der Waals surface area contributed by atoms with Crippen molar-refractivity contribution in [1.29, 1.82) is 0 Å². The lowest BCUT2D eigenvalue weighted by Crippen LogP contribution is -2.46. The Morgan fingerprint density at radius 2 is 1.77 bits per heavy atom. The molecule has 2 N–H and O–H groups in total. The summed E-state index contributed by atoms with van der Waals surface area (Å²) >= 11 is 0. The van der Waals surface area contributed by atoms with Crippen LogP contribution in [0.1, 0.15) is 120 Å². The van der Waals surface area contributed by atoms with E-state index in [9.17, 15) is 4.79 Å². The molecule has 0 radical (unpaired) electrons. The molecule has 4 heteroatoms. The molecule has 3 saturated carbocycles. The fraction of sp³-hybridized carbons (Fsp3) is 0.775. The van der Waals surface area contributed by atoms with Gasteiger partial charge in [-0.1, -0.05) is 99.6 Å². The van der Waals surface area contributed by atoms with Crippen LogP contribution in [0, 0.1) is 46.3 Å². The number of hydrogen-bond donors (Lipinski definition) is 0. The first kappa shape index (κ1) is 37.2. The molecule has 0 saturated heterocycles. The van der Waals surface area contributed by atoms with E-state index in [4.69, 9.17) is 9.53 Å². The molecular formula is C40H69O3Si+. The lowest BCUT2D eigenvalue weighted by Gasteiger charge is -2.46. The van der Waals surface area contributed by atoms with Gasteiger partial charge >= 0.3 is 0 Å². The molecule has 3 aliphatic carbocycles. The number of carbonyl (C=O) groups is 1. The van der Waals surface area contributed by atoms with Crippen LogP contribution in [-0.4, -0.2) is 31.4 Å². The number of rotatable bonds is 11. The number of Topliss-reactive ketones (excluding diaryl/α,β-unsaturated/α-hetero) is 1. The van der Waals surface area contributed by atoms with Crippen molar-refractivity contribution in [3.8, 4) is 0 Å². The standard InChI is InChI=1S/C40H68O3Si/c1-14-16-33(37(42)38(5,6)7)27(2)18-19-28(3)34-22-23-35-30(17-15-24-40(34,35)11)20-21-31-25-32(26-36(41)29(31)4)43-44(12,13)39(8,9)10/h14,18-19,21,27-28,30,32-36,41H,1,4,15-17,20,22-26H2,2-3,5-13H3/p+1/b19-18+,31-21-/t27-,28-,30?,32-,33+,34?,35?,36+,40-/m1/s1. The van der Waals surface area contributed by atoms with Gasteiger partial charge in [-0.2, -0.15) is 0 Å². The third-order valence-corrected chi connectivity index (χ3v) is 17.1. The number of ketones is 1. The molecule has 3 unspecified atom stereocenters. The van der Waals surface area contributed by atoms with E-state index in [-0.39, 0.29) is 34.5 Å². The summed E-state index contributed by atoms with van der Waals surface area (Å²) in [6.45, 7) is 33.2. The molecule has 0 amide bonds. The minimum Gasteiger partial charge on any atom is -0.440 e. The lowest BCUT2D eigenvalue weighted by molar-refractivity contribution is -0.131. The van der Waals surface area contributed by atoms with Gasteiger partial charge in [0.2, 0.25) is 0 Å². The Morgan fingerprint density at radius 1 is 1.11 bits per heavy atom. The first-order chi connectivity index (χ1) is 20.2. The Kier molecular flexibility index (Phi) is 12.1. The Bertz CT molecular complexity index is 1080. The summed E-state index contributed by atoms with van der Waals surface area (Å²) in [5, 5.41) is 8.96. The van der Waals surface area contributed by atoms with Crippen LogP contribution in [0.4, 0.5) is 0 Å². The van der Waals surface area contributed by atoms with Gasteiger partial charge in [-0.25, -0.2) is 0 Å². The molecule has 9 atom stereocenters. The van der Waals surface area contributed by atoms with Gasteiger partial charge < -0.3 is 9.53 Å². The Balaban J connectivity index is 1.70. The number of carbonyl (C=O) groups excluding carboxylic acids is 1. The van der Waals surface area contributed by atoms with Gasteiger partial charge in [0.25, 0.3) is 0 Å². The summed E-state index contributed by atoms with van der Waals surface area (Å²) in [4.78, 5) is 13.2. The van der Waals surface area contributed by atoms with Crippen molar-refractivity contribution in [1.82, 2.24) is 0 Å². The van der Waals surface area contributed by atoms with Crippen LogP contribution in [0.3, 0.4) is 0 Å². The maximum Gasteiger partial charge on any atom is 0.192 e. The Hall–Kier alpha value is -1.23. The zero-order valence-electron chi connectivity index (χ0n) is 30.5. The molecule has 44 heavy (non-hydrogen) atoms. The lowest BCUT2D eigenvalue weighted by atomic mass is 9.58. The molecule has 250 valence electrons. The summed E-state index contributed by atoms with van der Waals surface area (Å²) < 4.78 is 6.81. The highest BCUT2D eigenvalue weighted by Crippen LogP contribution is 2.60. The van der Waals surface area contributed by atoms with Crippen molar-refractivity contribution >= 4 is 14.1 Å². The molecule has 3 rings (SSSR count). The molecule has 0 heterocycles. The van der Waals surface area contributed by atoms with Crippen LogP contribution in [0.5, 0.6) is 0 Å². The summed E-state index contributed by atoms with van der Waals surface area (Å²) in [6.07, 6.45) is 19.2. The Morgan fingerprint density at radius 3 is 2.36 bits per heavy atom. The summed E-state index contributed by atoms with van der Waals surface area (Å²) in [5.74, 6) is 3.22. The van der Waals surface area contributed by atoms with Crippen LogP contribution in [0.25, 0.3) is 0 Å². The van der Waals surface area contributed by atoms with Crippen LogP contribution >= 0.6 is 0 Å². The van der Waals surface area contributed by atoms with Crippen LogP contribution in [0.15, 0.2) is 48.6 Å². The molecule has 3 aliphatic rings. The van der Waals surface area contributed by atoms with E-state index in [0.717, 1.165) is 37.2 Å². The van der Waals surface area contributed by atoms with Gasteiger partial charge in [-0.3, -0.25) is 4.79 Å². The molecule has 0 aliphatic heterocycles. The SMILES string of the molecule is C=CC[C@H](C(=O)C(C)(C)C)[C@H](C)/C=C/[C@@H](C)C1CCC2C(C/C=C3/C[C@@H](O[Si](C)(C)C(C)(C)C)C[C@H]([OH2+])C3=C)CCC[C@@]21C. The monoisotopic (exact) mass is 626 g/mol. The van der Waals surface area contributed by atoms with Crippen LogP contribution in [-0.2, 0) is 9.22 Å². The maximum absolute atomic E-state index is 13.2. The maximum atomic E-state index is 13.2. The van der Waals surface area contributed by atoms with E-state index < -0.39 is 8.32 Å². The van der Waals surface area contributed by atoms with E-state index in [1.165, 1.54) is 37.7 Å². The summed E-state index contributed by atoms with van der Waals surface area (Å²) in [7, 11) is -1.88. The quantitative estimate of drug-likeness (QED) is 0.130. The van der Waals surface area contributed by atoms with E-state index in [0.29, 0.717) is 29.0 Å². The molecule has 0 spiro atoms. The zero-order valence-corrected chi connectivity index (χ0v) is 31.5. The second kappa shape index (κ2) is 14.3. The highest BCUT2D eigenvalue weighted by molar-refractivity contribution is 6.74. The van der Waals surface area contributed by atoms with Gasteiger partial charge in [-0.15, -0.1) is 6.58 Å². The van der Waals surface area contributed by atoms with Crippen molar-refractivity contribution in [3.05, 3.63) is 48.6 Å². The number of fused-ring (bicyclic) bond motifs is 1. The smallest absolute Gasteiger partial charge is 0.192 e. The molecule has 3 fully saturated rings. The first-order valence-corrected chi connectivity index (χ1v) is 20.7. The second-order valence-corrected chi connectivity index (χ2v) is 22.5. The highest BCUT2D eigenvalue weighted by Gasteiger charge is 2.52. The van der Waals surface area contributed by atoms with Gasteiger partial charge in [0.15, 0.2) is 14.4 Å². The van der Waals surface area contributed by atoms with Crippen LogP contribution < -0.4 is 0 Å². The first-order valence-electron chi connectivity index (χ1n) is 17.8. The fourth-order valence-electron chi connectivity index (χ4n) is 8.73. The normalized spacial score (nSPS) is 33.3. The summed E-state index contributed by atoms with van der Waals surface area (Å²) in [6, 6.07) is 0. The molecule has 3 nitrogen and oxygen atoms in total. The zero-order chi connectivity index (χ0) is 33.3. The highest BCUT2D eigenvalue weighted by atomic mass is 28.4. The molecule has 0 aromatic rings. The van der Waals surface area contributed by atoms with Crippen molar-refractivity contribution in [3.63, 3.8) is 0 Å². The van der Waals surface area contributed by atoms with Gasteiger partial charge in [-0.05, 0) is 104 Å². The number of allylic oxidation sites excluding steroid dienone is 4. The molecule has 0 aromatic carbocycles. The Labute approximate surface area is 273 Å². The van der Waals surface area contributed by atoms with Gasteiger partial charge in [0.05, 0.1) is 6.10 Å². The van der Waals surface area contributed by atoms with Crippen LogP contribution in [0.2, 0.25) is 18.1 Å². The van der Waals surface area contributed by atoms with Crippen molar-refractivity contribution in [2.45, 2.75) is 150 Å². The van der Waals surface area contributed by atoms with Crippen molar-refractivity contribution in [2.75, 3.05) is 0 Å². The summed E-state index contributed by atoms with van der Waals surface area (Å²) in [5.41, 5.74) is 2.36. The van der Waals surface area contributed by atoms with E-state index in [2.05, 4.69) is 86.0 Å². The largest absolute Gasteiger partial charge is 0.440 e. The average Bonchev–Trinajstić information content (AvgIpc) is 3.27. The second-order valence-electron chi connectivity index (χ2n) is 17.8. The van der Waals surface area contributed by atoms with Gasteiger partial charge in [0.1, 0.15) is 5.78 Å². The predicted molar refractivity (Wildman–Crippen MR) is 192 cm³/mol.